The minimum atomic E-state index is 0.676. The van der Waals surface area contributed by atoms with Crippen LogP contribution in [0.25, 0.3) is 0 Å². The van der Waals surface area contributed by atoms with Crippen LogP contribution in [0.15, 0.2) is 18.2 Å². The first-order chi connectivity index (χ1) is 9.71. The highest BCUT2D eigenvalue weighted by atomic mass is 14.6. The maximum absolute atomic E-state index is 5.80. The van der Waals surface area contributed by atoms with Gasteiger partial charge in [0.15, 0.2) is 0 Å². The van der Waals surface area contributed by atoms with E-state index in [1.165, 1.54) is 50.5 Å². The molecular weight excluding hydrogens is 242 g/mol. The number of nitrogens with two attached hydrogens (primary N) is 1. The van der Waals surface area contributed by atoms with Crippen LogP contribution >= 0.6 is 0 Å². The minimum Gasteiger partial charge on any atom is -0.326 e. The van der Waals surface area contributed by atoms with E-state index in [0.717, 1.165) is 17.8 Å². The first kappa shape index (κ1) is 12.9. The Labute approximate surface area is 122 Å². The first-order valence-corrected chi connectivity index (χ1v) is 8.53. The van der Waals surface area contributed by atoms with Gasteiger partial charge in [0.05, 0.1) is 0 Å². The molecule has 20 heavy (non-hydrogen) atoms. The molecule has 4 rings (SSSR count). The van der Waals surface area contributed by atoms with Gasteiger partial charge in [-0.25, -0.2) is 0 Å². The Hall–Kier alpha value is -0.820. The minimum absolute atomic E-state index is 0.676. The molecule has 1 aromatic carbocycles. The Balaban J connectivity index is 1.69. The van der Waals surface area contributed by atoms with E-state index in [4.69, 9.17) is 5.73 Å². The zero-order valence-corrected chi connectivity index (χ0v) is 12.7. The molecule has 0 heterocycles. The summed E-state index contributed by atoms with van der Waals surface area (Å²) in [6.07, 6.45) is 10.0. The molecule has 1 heteroatoms. The average Bonchev–Trinajstić information content (AvgIpc) is 2.88. The first-order valence-electron chi connectivity index (χ1n) is 8.53. The molecule has 2 N–H and O–H groups in total. The third kappa shape index (κ3) is 1.79. The van der Waals surface area contributed by atoms with Crippen LogP contribution in [0.2, 0.25) is 0 Å². The van der Waals surface area contributed by atoms with Gasteiger partial charge in [-0.2, -0.15) is 0 Å². The summed E-state index contributed by atoms with van der Waals surface area (Å²) < 4.78 is 0. The molecule has 0 radical (unpaired) electrons. The highest BCUT2D eigenvalue weighted by Gasteiger charge is 2.50. The van der Waals surface area contributed by atoms with E-state index in [0.29, 0.717) is 12.0 Å². The predicted octanol–water partition coefficient (Wildman–Crippen LogP) is 4.39. The number of rotatable bonds is 1. The fraction of sp³-hybridized carbons (Fsp3) is 0.684. The van der Waals surface area contributed by atoms with Crippen molar-refractivity contribution in [1.82, 2.24) is 0 Å². The highest BCUT2D eigenvalue weighted by Crippen LogP contribution is 2.60. The van der Waals surface area contributed by atoms with Gasteiger partial charge in [-0.1, -0.05) is 31.5 Å². The molecule has 0 amide bonds. The van der Waals surface area contributed by atoms with E-state index in [1.54, 1.807) is 11.1 Å². The van der Waals surface area contributed by atoms with Crippen molar-refractivity contribution < 1.29 is 0 Å². The smallest absolute Gasteiger partial charge is 0.0178 e. The molecule has 3 aliphatic rings. The lowest BCUT2D eigenvalue weighted by Crippen LogP contribution is -2.39. The molecular formula is C19H27N. The van der Waals surface area contributed by atoms with Crippen molar-refractivity contribution >= 4 is 0 Å². The van der Waals surface area contributed by atoms with Crippen LogP contribution in [0, 0.1) is 17.3 Å². The lowest BCUT2D eigenvalue weighted by Gasteiger charge is -2.49. The molecule has 0 saturated heterocycles. The Morgan fingerprint density at radius 1 is 1.20 bits per heavy atom. The highest BCUT2D eigenvalue weighted by molar-refractivity contribution is 5.38. The topological polar surface area (TPSA) is 26.0 Å². The lowest BCUT2D eigenvalue weighted by molar-refractivity contribution is 0.0598. The van der Waals surface area contributed by atoms with Gasteiger partial charge < -0.3 is 5.73 Å². The van der Waals surface area contributed by atoms with Gasteiger partial charge in [0.1, 0.15) is 0 Å². The van der Waals surface area contributed by atoms with Crippen LogP contribution in [-0.2, 0) is 13.0 Å². The second-order valence-electron chi connectivity index (χ2n) is 7.74. The van der Waals surface area contributed by atoms with Crippen molar-refractivity contribution in [2.75, 3.05) is 0 Å². The Morgan fingerprint density at radius 2 is 2.10 bits per heavy atom. The van der Waals surface area contributed by atoms with Crippen LogP contribution in [0.5, 0.6) is 0 Å². The number of aryl methyl sites for hydroxylation is 1. The van der Waals surface area contributed by atoms with Gasteiger partial charge in [0, 0.05) is 6.54 Å². The molecule has 3 aliphatic carbocycles. The van der Waals surface area contributed by atoms with Crippen LogP contribution < -0.4 is 5.73 Å². The molecule has 0 aromatic heterocycles. The Kier molecular flexibility index (Phi) is 2.96. The summed E-state index contributed by atoms with van der Waals surface area (Å²) in [4.78, 5) is 0. The fourth-order valence-corrected chi connectivity index (χ4v) is 5.76. The van der Waals surface area contributed by atoms with Gasteiger partial charge in [-0.15, -0.1) is 0 Å². The number of benzene rings is 1. The summed E-state index contributed by atoms with van der Waals surface area (Å²) in [5.41, 5.74) is 11.1. The summed E-state index contributed by atoms with van der Waals surface area (Å²) >= 11 is 0. The zero-order chi connectivity index (χ0) is 13.7. The third-order valence-electron chi connectivity index (χ3n) is 6.81. The summed E-state index contributed by atoms with van der Waals surface area (Å²) in [5, 5.41) is 0. The van der Waals surface area contributed by atoms with Crippen molar-refractivity contribution in [2.24, 2.45) is 23.0 Å². The SMILES string of the molecule is C[C@@]12CCC[C@H]1[C@@H]1CCc3cc(CN)ccc3[C@H]1CC2. The van der Waals surface area contributed by atoms with E-state index in [1.807, 2.05) is 0 Å². The Morgan fingerprint density at radius 3 is 2.95 bits per heavy atom. The molecule has 2 saturated carbocycles. The molecule has 1 nitrogen and oxygen atoms in total. The van der Waals surface area contributed by atoms with E-state index >= 15 is 0 Å². The summed E-state index contributed by atoms with van der Waals surface area (Å²) in [6.45, 7) is 3.26. The maximum atomic E-state index is 5.80. The van der Waals surface area contributed by atoms with Gasteiger partial charge in [-0.05, 0) is 78.4 Å². The summed E-state index contributed by atoms with van der Waals surface area (Å²) in [5.74, 6) is 2.82. The van der Waals surface area contributed by atoms with Crippen LogP contribution in [-0.4, -0.2) is 0 Å². The second-order valence-corrected chi connectivity index (χ2v) is 7.74. The third-order valence-corrected chi connectivity index (χ3v) is 6.81. The fourth-order valence-electron chi connectivity index (χ4n) is 5.76. The zero-order valence-electron chi connectivity index (χ0n) is 12.7. The van der Waals surface area contributed by atoms with Crippen molar-refractivity contribution in [2.45, 2.75) is 64.3 Å². The molecule has 0 aliphatic heterocycles. The quantitative estimate of drug-likeness (QED) is 0.804. The Bertz CT molecular complexity index is 520. The predicted molar refractivity (Wildman–Crippen MR) is 83.6 cm³/mol. The van der Waals surface area contributed by atoms with Crippen LogP contribution in [0.1, 0.15) is 68.1 Å². The molecule has 0 spiro atoms. The van der Waals surface area contributed by atoms with E-state index in [9.17, 15) is 0 Å². The maximum Gasteiger partial charge on any atom is 0.0178 e. The normalized spacial score (nSPS) is 39.0. The lowest BCUT2D eigenvalue weighted by atomic mass is 9.56. The van der Waals surface area contributed by atoms with Gasteiger partial charge in [-0.3, -0.25) is 0 Å². The average molecular weight is 269 g/mol. The molecule has 1 aromatic rings. The largest absolute Gasteiger partial charge is 0.326 e. The standard InChI is InChI=1S/C19H27N/c1-19-9-2-3-18(19)17-7-5-14-11-13(12-20)4-6-15(14)16(17)8-10-19/h4,6,11,16-18H,2-3,5,7-10,12,20H2,1H3/t16-,17-,18+,19+/m1/s1. The number of hydrogen-bond donors (Lipinski definition) is 1. The molecule has 0 bridgehead atoms. The summed E-state index contributed by atoms with van der Waals surface area (Å²) in [7, 11) is 0. The van der Waals surface area contributed by atoms with Gasteiger partial charge in [0.25, 0.3) is 0 Å². The van der Waals surface area contributed by atoms with Crippen LogP contribution in [0.3, 0.4) is 0 Å². The monoisotopic (exact) mass is 269 g/mol. The van der Waals surface area contributed by atoms with Crippen molar-refractivity contribution in [3.05, 3.63) is 34.9 Å². The molecule has 4 atom stereocenters. The van der Waals surface area contributed by atoms with Crippen LogP contribution in [0.4, 0.5) is 0 Å². The van der Waals surface area contributed by atoms with Gasteiger partial charge >= 0.3 is 0 Å². The van der Waals surface area contributed by atoms with E-state index in [2.05, 4.69) is 25.1 Å². The van der Waals surface area contributed by atoms with Crippen molar-refractivity contribution in [3.63, 3.8) is 0 Å². The molecule has 2 fully saturated rings. The number of fused-ring (bicyclic) bond motifs is 5. The molecule has 0 unspecified atom stereocenters. The second kappa shape index (κ2) is 4.59. The molecule has 108 valence electrons. The van der Waals surface area contributed by atoms with Gasteiger partial charge in [0.2, 0.25) is 0 Å². The van der Waals surface area contributed by atoms with E-state index < -0.39 is 0 Å². The van der Waals surface area contributed by atoms with Crippen molar-refractivity contribution in [1.29, 1.82) is 0 Å². The summed E-state index contributed by atoms with van der Waals surface area (Å²) in [6, 6.07) is 7.06. The van der Waals surface area contributed by atoms with E-state index in [-0.39, 0.29) is 0 Å². The number of hydrogen-bond acceptors (Lipinski definition) is 1. The van der Waals surface area contributed by atoms with Crippen molar-refractivity contribution in [3.8, 4) is 0 Å².